The summed E-state index contributed by atoms with van der Waals surface area (Å²) >= 11 is 0. The molecule has 2 rings (SSSR count). The molecule has 1 aliphatic carbocycles. The summed E-state index contributed by atoms with van der Waals surface area (Å²) in [5.41, 5.74) is 0.531. The van der Waals surface area contributed by atoms with Gasteiger partial charge in [-0.05, 0) is 12.8 Å². The molecule has 0 saturated heterocycles. The third-order valence-electron chi connectivity index (χ3n) is 2.67. The van der Waals surface area contributed by atoms with Gasteiger partial charge in [-0.3, -0.25) is 5.41 Å². The van der Waals surface area contributed by atoms with Gasteiger partial charge in [0.15, 0.2) is 0 Å². The van der Waals surface area contributed by atoms with E-state index in [1.165, 1.54) is 0 Å². The van der Waals surface area contributed by atoms with Crippen LogP contribution in [0.1, 0.15) is 18.4 Å². The Balaban J connectivity index is 2.14. The van der Waals surface area contributed by atoms with E-state index in [1.54, 1.807) is 30.3 Å². The van der Waals surface area contributed by atoms with E-state index in [2.05, 4.69) is 0 Å². The van der Waals surface area contributed by atoms with Crippen LogP contribution < -0.4 is 0 Å². The first-order chi connectivity index (χ1) is 7.97. The summed E-state index contributed by atoms with van der Waals surface area (Å²) in [6.07, 6.45) is -2.78. The van der Waals surface area contributed by atoms with Crippen LogP contribution in [-0.2, 0) is 0 Å². The van der Waals surface area contributed by atoms with Crippen LogP contribution in [0.5, 0.6) is 0 Å². The first-order valence-corrected chi connectivity index (χ1v) is 5.45. The van der Waals surface area contributed by atoms with Gasteiger partial charge in [-0.2, -0.15) is 13.2 Å². The summed E-state index contributed by atoms with van der Waals surface area (Å²) in [5.74, 6) is -0.0366. The minimum Gasteiger partial charge on any atom is -0.345 e. The van der Waals surface area contributed by atoms with Crippen molar-refractivity contribution in [2.75, 3.05) is 6.54 Å². The van der Waals surface area contributed by atoms with E-state index in [1.807, 2.05) is 0 Å². The highest BCUT2D eigenvalue weighted by atomic mass is 19.4. The van der Waals surface area contributed by atoms with Crippen molar-refractivity contribution in [1.29, 1.82) is 5.41 Å². The molecule has 0 heterocycles. The Kier molecular flexibility index (Phi) is 3.09. The molecular weight excluding hydrogens is 229 g/mol. The molecular formula is C12H13F3N2. The van der Waals surface area contributed by atoms with Gasteiger partial charge in [-0.15, -0.1) is 0 Å². The number of benzene rings is 1. The zero-order chi connectivity index (χ0) is 12.5. The van der Waals surface area contributed by atoms with Crippen molar-refractivity contribution in [3.63, 3.8) is 0 Å². The first kappa shape index (κ1) is 12.0. The molecule has 0 atom stereocenters. The van der Waals surface area contributed by atoms with Crippen LogP contribution in [0.2, 0.25) is 0 Å². The van der Waals surface area contributed by atoms with Gasteiger partial charge in [0.2, 0.25) is 0 Å². The topological polar surface area (TPSA) is 27.1 Å². The molecule has 1 aromatic rings. The molecule has 0 aliphatic heterocycles. The number of rotatable bonds is 3. The number of nitrogens with one attached hydrogen (secondary N) is 1. The second kappa shape index (κ2) is 4.39. The van der Waals surface area contributed by atoms with Gasteiger partial charge in [0.1, 0.15) is 12.4 Å². The maximum Gasteiger partial charge on any atom is 0.405 e. The van der Waals surface area contributed by atoms with Crippen molar-refractivity contribution >= 4 is 5.84 Å². The lowest BCUT2D eigenvalue weighted by atomic mass is 10.2. The third kappa shape index (κ3) is 3.22. The quantitative estimate of drug-likeness (QED) is 0.640. The molecule has 0 spiro atoms. The summed E-state index contributed by atoms with van der Waals surface area (Å²) in [5, 5.41) is 7.86. The van der Waals surface area contributed by atoms with Crippen LogP contribution >= 0.6 is 0 Å². The van der Waals surface area contributed by atoms with Crippen molar-refractivity contribution in [2.24, 2.45) is 0 Å². The van der Waals surface area contributed by atoms with Gasteiger partial charge in [-0.1, -0.05) is 30.3 Å². The fourth-order valence-corrected chi connectivity index (χ4v) is 1.73. The Labute approximate surface area is 97.6 Å². The lowest BCUT2D eigenvalue weighted by Crippen LogP contribution is -2.40. The number of nitrogens with zero attached hydrogens (tertiary/aromatic N) is 1. The van der Waals surface area contributed by atoms with Gasteiger partial charge in [-0.25, -0.2) is 0 Å². The van der Waals surface area contributed by atoms with E-state index in [4.69, 9.17) is 5.41 Å². The van der Waals surface area contributed by atoms with E-state index in [9.17, 15) is 13.2 Å². The number of alkyl halides is 3. The van der Waals surface area contributed by atoms with Gasteiger partial charge in [0.25, 0.3) is 0 Å². The summed E-state index contributed by atoms with van der Waals surface area (Å²) < 4.78 is 37.3. The van der Waals surface area contributed by atoms with Gasteiger partial charge in [0, 0.05) is 11.6 Å². The summed E-state index contributed by atoms with van der Waals surface area (Å²) in [6, 6.07) is 8.43. The average Bonchev–Trinajstić information content (AvgIpc) is 3.09. The minimum absolute atomic E-state index is 0.0366. The number of hydrogen-bond donors (Lipinski definition) is 1. The second-order valence-corrected chi connectivity index (χ2v) is 4.19. The SMILES string of the molecule is N=C(c1ccccc1)N(CC(F)(F)F)C1CC1. The summed E-state index contributed by atoms with van der Waals surface area (Å²) in [6.45, 7) is -1.04. The predicted molar refractivity (Wildman–Crippen MR) is 59.1 cm³/mol. The molecule has 5 heteroatoms. The standard InChI is InChI=1S/C12H13F3N2/c13-12(14,15)8-17(10-6-7-10)11(16)9-4-2-1-3-5-9/h1-5,10,16H,6-8H2. The fourth-order valence-electron chi connectivity index (χ4n) is 1.73. The van der Waals surface area contributed by atoms with Gasteiger partial charge < -0.3 is 4.90 Å². The summed E-state index contributed by atoms with van der Waals surface area (Å²) in [4.78, 5) is 1.15. The molecule has 1 aliphatic rings. The highest BCUT2D eigenvalue weighted by molar-refractivity contribution is 5.96. The molecule has 2 nitrogen and oxygen atoms in total. The van der Waals surface area contributed by atoms with Crippen molar-refractivity contribution in [3.8, 4) is 0 Å². The predicted octanol–water partition coefficient (Wildman–Crippen LogP) is 3.04. The van der Waals surface area contributed by atoms with E-state index in [-0.39, 0.29) is 11.9 Å². The maximum absolute atomic E-state index is 12.4. The van der Waals surface area contributed by atoms with Crippen LogP contribution in [0.3, 0.4) is 0 Å². The Morgan fingerprint density at radius 3 is 2.29 bits per heavy atom. The van der Waals surface area contributed by atoms with Crippen LogP contribution in [-0.4, -0.2) is 29.5 Å². The molecule has 92 valence electrons. The molecule has 1 N–H and O–H groups in total. The van der Waals surface area contributed by atoms with E-state index in [0.29, 0.717) is 5.56 Å². The molecule has 1 fully saturated rings. The smallest absolute Gasteiger partial charge is 0.345 e. The van der Waals surface area contributed by atoms with Crippen LogP contribution in [0.25, 0.3) is 0 Å². The van der Waals surface area contributed by atoms with Gasteiger partial charge in [0.05, 0.1) is 0 Å². The minimum atomic E-state index is -4.26. The maximum atomic E-state index is 12.4. The number of halogens is 3. The molecule has 17 heavy (non-hydrogen) atoms. The van der Waals surface area contributed by atoms with E-state index < -0.39 is 12.7 Å². The number of hydrogen-bond acceptors (Lipinski definition) is 1. The van der Waals surface area contributed by atoms with E-state index in [0.717, 1.165) is 17.7 Å². The zero-order valence-electron chi connectivity index (χ0n) is 9.17. The highest BCUT2D eigenvalue weighted by Crippen LogP contribution is 2.31. The van der Waals surface area contributed by atoms with Crippen molar-refractivity contribution in [2.45, 2.75) is 25.1 Å². The number of amidine groups is 1. The molecule has 1 aromatic carbocycles. The van der Waals surface area contributed by atoms with Crippen molar-refractivity contribution in [1.82, 2.24) is 4.90 Å². The summed E-state index contributed by atoms with van der Waals surface area (Å²) in [7, 11) is 0. The fraction of sp³-hybridized carbons (Fsp3) is 0.417. The van der Waals surface area contributed by atoms with Crippen molar-refractivity contribution in [3.05, 3.63) is 35.9 Å². The molecule has 0 bridgehead atoms. The molecule has 0 radical (unpaired) electrons. The Bertz CT molecular complexity index is 396. The molecule has 1 saturated carbocycles. The highest BCUT2D eigenvalue weighted by Gasteiger charge is 2.39. The molecule has 0 aromatic heterocycles. The lowest BCUT2D eigenvalue weighted by molar-refractivity contribution is -0.138. The third-order valence-corrected chi connectivity index (χ3v) is 2.67. The van der Waals surface area contributed by atoms with E-state index >= 15 is 0 Å². The normalized spacial score (nSPS) is 15.7. The lowest BCUT2D eigenvalue weighted by Gasteiger charge is -2.26. The Hall–Kier alpha value is -1.52. The largest absolute Gasteiger partial charge is 0.405 e. The Morgan fingerprint density at radius 1 is 1.24 bits per heavy atom. The van der Waals surface area contributed by atoms with Gasteiger partial charge >= 0.3 is 6.18 Å². The average molecular weight is 242 g/mol. The van der Waals surface area contributed by atoms with Crippen LogP contribution in [0.15, 0.2) is 30.3 Å². The second-order valence-electron chi connectivity index (χ2n) is 4.19. The zero-order valence-corrected chi connectivity index (χ0v) is 9.17. The van der Waals surface area contributed by atoms with Crippen LogP contribution in [0, 0.1) is 5.41 Å². The van der Waals surface area contributed by atoms with Crippen molar-refractivity contribution < 1.29 is 13.2 Å². The van der Waals surface area contributed by atoms with Crippen LogP contribution in [0.4, 0.5) is 13.2 Å². The first-order valence-electron chi connectivity index (χ1n) is 5.45. The monoisotopic (exact) mass is 242 g/mol. The molecule has 0 unspecified atom stereocenters. The molecule has 0 amide bonds. The Morgan fingerprint density at radius 2 is 1.82 bits per heavy atom.